The molecule has 3 aromatic carbocycles. The first-order valence-corrected chi connectivity index (χ1v) is 8.89. The molecule has 0 aliphatic rings. The number of non-ortho nitro benzene ring substituents is 1. The van der Waals surface area contributed by atoms with Crippen molar-refractivity contribution in [3.63, 3.8) is 0 Å². The molecule has 1 N–H and O–H groups in total. The number of ether oxygens (including phenoxy) is 1. The Kier molecular flexibility index (Phi) is 6.29. The van der Waals surface area contributed by atoms with Gasteiger partial charge in [0, 0.05) is 17.7 Å². The quantitative estimate of drug-likeness (QED) is 0.221. The van der Waals surface area contributed by atoms with E-state index in [2.05, 4.69) is 10.5 Å². The van der Waals surface area contributed by atoms with E-state index in [4.69, 9.17) is 4.74 Å². The SMILES string of the molecule is Cc1cccc(C(=O)Oc2ccc(/C=N/NC(=O)c3ccc([N+](=O)[O-])cc3)cc2)c1. The number of aryl methyl sites for hydroxylation is 1. The van der Waals surface area contributed by atoms with Crippen LogP contribution < -0.4 is 10.2 Å². The molecule has 0 spiro atoms. The lowest BCUT2D eigenvalue weighted by molar-refractivity contribution is -0.384. The fraction of sp³-hybridized carbons (Fsp3) is 0.0455. The highest BCUT2D eigenvalue weighted by atomic mass is 16.6. The Labute approximate surface area is 172 Å². The first-order chi connectivity index (χ1) is 14.4. The van der Waals surface area contributed by atoms with E-state index in [1.807, 2.05) is 13.0 Å². The van der Waals surface area contributed by atoms with Crippen molar-refractivity contribution in [3.05, 3.63) is 105 Å². The fourth-order valence-corrected chi connectivity index (χ4v) is 2.52. The van der Waals surface area contributed by atoms with Crippen LogP contribution in [0.25, 0.3) is 0 Å². The predicted octanol–water partition coefficient (Wildman–Crippen LogP) is 3.89. The lowest BCUT2D eigenvalue weighted by Gasteiger charge is -2.05. The third kappa shape index (κ3) is 5.35. The van der Waals surface area contributed by atoms with E-state index in [9.17, 15) is 19.7 Å². The molecule has 0 aromatic heterocycles. The van der Waals surface area contributed by atoms with Gasteiger partial charge in [0.25, 0.3) is 11.6 Å². The molecule has 3 aromatic rings. The molecule has 1 amide bonds. The van der Waals surface area contributed by atoms with Crippen LogP contribution in [0.4, 0.5) is 5.69 Å². The number of nitrogens with zero attached hydrogens (tertiary/aromatic N) is 2. The first kappa shape index (κ1) is 20.4. The Morgan fingerprint density at radius 1 is 1.00 bits per heavy atom. The molecule has 8 heteroatoms. The van der Waals surface area contributed by atoms with Crippen LogP contribution in [0, 0.1) is 17.0 Å². The van der Waals surface area contributed by atoms with Crippen LogP contribution in [0.15, 0.2) is 77.9 Å². The molecule has 8 nitrogen and oxygen atoms in total. The topological polar surface area (TPSA) is 111 Å². The van der Waals surface area contributed by atoms with Gasteiger partial charge >= 0.3 is 5.97 Å². The maximum atomic E-state index is 12.2. The fourth-order valence-electron chi connectivity index (χ4n) is 2.52. The smallest absolute Gasteiger partial charge is 0.343 e. The highest BCUT2D eigenvalue weighted by Crippen LogP contribution is 2.15. The lowest BCUT2D eigenvalue weighted by Crippen LogP contribution is -2.17. The molecular weight excluding hydrogens is 386 g/mol. The zero-order chi connectivity index (χ0) is 21.5. The maximum Gasteiger partial charge on any atom is 0.343 e. The van der Waals surface area contributed by atoms with Gasteiger partial charge in [0.2, 0.25) is 0 Å². The summed E-state index contributed by atoms with van der Waals surface area (Å²) < 4.78 is 5.34. The average molecular weight is 403 g/mol. The molecule has 0 aliphatic carbocycles. The minimum Gasteiger partial charge on any atom is -0.423 e. The summed E-state index contributed by atoms with van der Waals surface area (Å²) in [6.07, 6.45) is 1.43. The van der Waals surface area contributed by atoms with Crippen LogP contribution in [0.2, 0.25) is 0 Å². The van der Waals surface area contributed by atoms with Crippen LogP contribution in [0.3, 0.4) is 0 Å². The zero-order valence-corrected chi connectivity index (χ0v) is 15.9. The van der Waals surface area contributed by atoms with Crippen molar-refractivity contribution in [2.75, 3.05) is 0 Å². The lowest BCUT2D eigenvalue weighted by atomic mass is 10.1. The molecular formula is C22H17N3O5. The Morgan fingerprint density at radius 2 is 1.70 bits per heavy atom. The van der Waals surface area contributed by atoms with Crippen LogP contribution in [-0.4, -0.2) is 23.0 Å². The predicted molar refractivity (Wildman–Crippen MR) is 111 cm³/mol. The summed E-state index contributed by atoms with van der Waals surface area (Å²) in [6.45, 7) is 1.89. The van der Waals surface area contributed by atoms with Crippen LogP contribution >= 0.6 is 0 Å². The molecule has 0 saturated heterocycles. The van der Waals surface area contributed by atoms with Gasteiger partial charge < -0.3 is 4.74 Å². The normalized spacial score (nSPS) is 10.6. The minimum atomic E-state index is -0.540. The van der Waals surface area contributed by atoms with E-state index in [-0.39, 0.29) is 11.3 Å². The summed E-state index contributed by atoms with van der Waals surface area (Å²) in [5.74, 6) is -0.561. The molecule has 0 saturated carbocycles. The monoisotopic (exact) mass is 403 g/mol. The van der Waals surface area contributed by atoms with Gasteiger partial charge in [-0.25, -0.2) is 10.2 Å². The van der Waals surface area contributed by atoms with Gasteiger partial charge in [0.15, 0.2) is 0 Å². The first-order valence-electron chi connectivity index (χ1n) is 8.89. The van der Waals surface area contributed by atoms with Gasteiger partial charge in [-0.2, -0.15) is 5.10 Å². The van der Waals surface area contributed by atoms with Crippen molar-refractivity contribution < 1.29 is 19.2 Å². The van der Waals surface area contributed by atoms with Crippen LogP contribution in [0.5, 0.6) is 5.75 Å². The van der Waals surface area contributed by atoms with E-state index < -0.39 is 16.8 Å². The number of carbonyl (C=O) groups excluding carboxylic acids is 2. The number of rotatable bonds is 6. The van der Waals surface area contributed by atoms with E-state index >= 15 is 0 Å². The minimum absolute atomic E-state index is 0.0989. The number of hydrazone groups is 1. The van der Waals surface area contributed by atoms with Gasteiger partial charge in [-0.05, 0) is 61.0 Å². The van der Waals surface area contributed by atoms with E-state index in [0.29, 0.717) is 16.9 Å². The summed E-state index contributed by atoms with van der Waals surface area (Å²) in [5, 5.41) is 14.5. The van der Waals surface area contributed by atoms with Gasteiger partial charge in [-0.1, -0.05) is 17.7 Å². The van der Waals surface area contributed by atoms with Crippen molar-refractivity contribution in [2.45, 2.75) is 6.92 Å². The third-order valence-corrected chi connectivity index (χ3v) is 4.06. The molecule has 0 unspecified atom stereocenters. The number of nitro groups is 1. The Hall–Kier alpha value is -4.33. The second-order valence-electron chi connectivity index (χ2n) is 6.33. The van der Waals surface area contributed by atoms with Gasteiger partial charge in [-0.3, -0.25) is 14.9 Å². The molecule has 0 heterocycles. The number of benzene rings is 3. The van der Waals surface area contributed by atoms with Crippen LogP contribution in [0.1, 0.15) is 31.8 Å². The number of hydrogen-bond donors (Lipinski definition) is 1. The molecule has 0 radical (unpaired) electrons. The Morgan fingerprint density at radius 3 is 2.33 bits per heavy atom. The molecule has 30 heavy (non-hydrogen) atoms. The van der Waals surface area contributed by atoms with Gasteiger partial charge in [0.1, 0.15) is 5.75 Å². The molecule has 150 valence electrons. The molecule has 0 bridgehead atoms. The second-order valence-corrected chi connectivity index (χ2v) is 6.33. The number of amides is 1. The van der Waals surface area contributed by atoms with E-state index in [1.54, 1.807) is 42.5 Å². The largest absolute Gasteiger partial charge is 0.423 e. The molecule has 0 fully saturated rings. The van der Waals surface area contributed by atoms with Gasteiger partial charge in [0.05, 0.1) is 16.7 Å². The highest BCUT2D eigenvalue weighted by Gasteiger charge is 2.09. The Balaban J connectivity index is 1.56. The number of esters is 1. The van der Waals surface area contributed by atoms with Crippen molar-refractivity contribution in [1.82, 2.24) is 5.43 Å². The van der Waals surface area contributed by atoms with Crippen molar-refractivity contribution in [1.29, 1.82) is 0 Å². The van der Waals surface area contributed by atoms with Crippen molar-refractivity contribution in [2.24, 2.45) is 5.10 Å². The summed E-state index contributed by atoms with van der Waals surface area (Å²) in [4.78, 5) is 34.2. The molecule has 0 atom stereocenters. The highest BCUT2D eigenvalue weighted by molar-refractivity contribution is 5.95. The second kappa shape index (κ2) is 9.24. The summed E-state index contributed by atoms with van der Waals surface area (Å²) >= 11 is 0. The summed E-state index contributed by atoms with van der Waals surface area (Å²) in [5.41, 5.74) is 4.60. The van der Waals surface area contributed by atoms with Gasteiger partial charge in [-0.15, -0.1) is 0 Å². The number of carbonyl (C=O) groups is 2. The van der Waals surface area contributed by atoms with E-state index in [0.717, 1.165) is 5.56 Å². The third-order valence-electron chi connectivity index (χ3n) is 4.06. The molecule has 0 aliphatic heterocycles. The zero-order valence-electron chi connectivity index (χ0n) is 15.9. The van der Waals surface area contributed by atoms with Crippen molar-refractivity contribution in [3.8, 4) is 5.75 Å². The standard InChI is InChI=1S/C22H17N3O5/c1-15-3-2-4-18(13-15)22(27)30-20-11-5-16(6-12-20)14-23-24-21(26)17-7-9-19(10-8-17)25(28)29/h2-14H,1H3,(H,24,26)/b23-14+. The summed E-state index contributed by atoms with van der Waals surface area (Å²) in [6, 6.07) is 18.9. The number of nitro benzene ring substituents is 1. The number of hydrogen-bond acceptors (Lipinski definition) is 6. The van der Waals surface area contributed by atoms with Crippen LogP contribution in [-0.2, 0) is 0 Å². The number of nitrogens with one attached hydrogen (secondary N) is 1. The molecule has 3 rings (SSSR count). The Bertz CT molecular complexity index is 1110. The average Bonchev–Trinajstić information content (AvgIpc) is 2.75. The summed E-state index contributed by atoms with van der Waals surface area (Å²) in [7, 11) is 0. The maximum absolute atomic E-state index is 12.2. The van der Waals surface area contributed by atoms with E-state index in [1.165, 1.54) is 30.5 Å². The van der Waals surface area contributed by atoms with Crippen molar-refractivity contribution >= 4 is 23.8 Å².